The Labute approximate surface area is 172 Å². The molecule has 2 aromatic carbocycles. The third-order valence-electron chi connectivity index (χ3n) is 4.85. The molecular formula is C23H17FN4O2. The van der Waals surface area contributed by atoms with Crippen LogP contribution < -0.4 is 10.3 Å². The molecule has 2 heterocycles. The molecule has 0 spiro atoms. The van der Waals surface area contributed by atoms with Crippen molar-refractivity contribution in [3.63, 3.8) is 0 Å². The third-order valence-corrected chi connectivity index (χ3v) is 4.85. The fourth-order valence-corrected chi connectivity index (χ4v) is 3.24. The maximum atomic E-state index is 13.4. The van der Waals surface area contributed by atoms with Gasteiger partial charge in [-0.3, -0.25) is 4.79 Å². The summed E-state index contributed by atoms with van der Waals surface area (Å²) in [5.41, 5.74) is 3.75. The van der Waals surface area contributed by atoms with Crippen molar-refractivity contribution in [1.82, 2.24) is 14.3 Å². The Morgan fingerprint density at radius 1 is 1.03 bits per heavy atom. The topological polar surface area (TPSA) is 72.8 Å². The fourth-order valence-electron chi connectivity index (χ4n) is 3.24. The second-order valence-electron chi connectivity index (χ2n) is 6.73. The molecule has 0 aliphatic rings. The van der Waals surface area contributed by atoms with Gasteiger partial charge in [-0.25, -0.2) is 9.07 Å². The van der Waals surface area contributed by atoms with Gasteiger partial charge in [-0.05, 0) is 35.4 Å². The number of methoxy groups -OCH3 is 1. The molecule has 0 bridgehead atoms. The first kappa shape index (κ1) is 19.2. The molecule has 7 heteroatoms. The maximum Gasteiger partial charge on any atom is 0.250 e. The molecule has 2 aromatic heterocycles. The zero-order chi connectivity index (χ0) is 21.3. The van der Waals surface area contributed by atoms with Crippen LogP contribution in [0.25, 0.3) is 27.9 Å². The van der Waals surface area contributed by atoms with E-state index in [1.165, 1.54) is 22.8 Å². The summed E-state index contributed by atoms with van der Waals surface area (Å²) in [6.45, 7) is 0. The Balaban J connectivity index is 1.87. The van der Waals surface area contributed by atoms with Crippen molar-refractivity contribution in [1.29, 1.82) is 5.26 Å². The monoisotopic (exact) mass is 400 g/mol. The molecule has 0 aliphatic heterocycles. The third kappa shape index (κ3) is 3.47. The highest BCUT2D eigenvalue weighted by molar-refractivity contribution is 5.82. The lowest BCUT2D eigenvalue weighted by molar-refractivity contribution is 0.414. The summed E-state index contributed by atoms with van der Waals surface area (Å²) in [5, 5.41) is 13.9. The van der Waals surface area contributed by atoms with E-state index in [1.54, 1.807) is 67.8 Å². The van der Waals surface area contributed by atoms with E-state index in [1.807, 2.05) is 0 Å². The molecule has 0 fully saturated rings. The van der Waals surface area contributed by atoms with E-state index >= 15 is 0 Å². The molecule has 0 saturated heterocycles. The van der Waals surface area contributed by atoms with Gasteiger partial charge in [0.15, 0.2) is 0 Å². The first-order valence-corrected chi connectivity index (χ1v) is 9.10. The highest BCUT2D eigenvalue weighted by Gasteiger charge is 2.14. The summed E-state index contributed by atoms with van der Waals surface area (Å²) in [4.78, 5) is 12.3. The van der Waals surface area contributed by atoms with Crippen LogP contribution in [0.2, 0.25) is 0 Å². The van der Waals surface area contributed by atoms with E-state index in [9.17, 15) is 14.4 Å². The Bertz CT molecular complexity index is 1330. The van der Waals surface area contributed by atoms with Crippen LogP contribution in [0.4, 0.5) is 4.39 Å². The molecule has 30 heavy (non-hydrogen) atoms. The largest absolute Gasteiger partial charge is 0.497 e. The van der Waals surface area contributed by atoms with E-state index < -0.39 is 0 Å². The molecular weight excluding hydrogens is 383 g/mol. The average Bonchev–Trinajstić information content (AvgIpc) is 3.25. The van der Waals surface area contributed by atoms with Crippen LogP contribution >= 0.6 is 0 Å². The molecule has 0 atom stereocenters. The molecule has 0 radical (unpaired) electrons. The second kappa shape index (κ2) is 7.68. The number of pyridine rings is 1. The zero-order valence-corrected chi connectivity index (χ0v) is 16.3. The second-order valence-corrected chi connectivity index (χ2v) is 6.73. The van der Waals surface area contributed by atoms with E-state index in [0.29, 0.717) is 22.6 Å². The highest BCUT2D eigenvalue weighted by Crippen LogP contribution is 2.32. The number of hydrogen-bond donors (Lipinski definition) is 0. The van der Waals surface area contributed by atoms with Crippen molar-refractivity contribution >= 4 is 0 Å². The van der Waals surface area contributed by atoms with Gasteiger partial charge in [0.2, 0.25) is 0 Å². The van der Waals surface area contributed by atoms with Crippen molar-refractivity contribution in [2.75, 3.05) is 7.11 Å². The smallest absolute Gasteiger partial charge is 0.250 e. The standard InChI is InChI=1S/C23H17FN4O2/c1-27-14-21(20(10-23(27)29)15-3-6-18(24)7-4-15)17-12-26-28(13-17)22-9-19(30-2)8-5-16(22)11-25/h3-10,12-14H,1-2H3. The fraction of sp³-hybridized carbons (Fsp3) is 0.0870. The number of nitriles is 1. The van der Waals surface area contributed by atoms with Gasteiger partial charge in [-0.2, -0.15) is 10.4 Å². The number of halogens is 1. The molecule has 4 aromatic rings. The predicted octanol–water partition coefficient (Wildman–Crippen LogP) is 3.92. The van der Waals surface area contributed by atoms with Gasteiger partial charge in [0.25, 0.3) is 5.56 Å². The number of nitrogens with zero attached hydrogens (tertiary/aromatic N) is 4. The predicted molar refractivity (Wildman–Crippen MR) is 111 cm³/mol. The first-order chi connectivity index (χ1) is 14.5. The molecule has 0 unspecified atom stereocenters. The number of aryl methyl sites for hydroxylation is 1. The van der Waals surface area contributed by atoms with Crippen molar-refractivity contribution < 1.29 is 9.13 Å². The summed E-state index contributed by atoms with van der Waals surface area (Å²) in [6.07, 6.45) is 5.16. The van der Waals surface area contributed by atoms with E-state index in [4.69, 9.17) is 4.74 Å². The van der Waals surface area contributed by atoms with E-state index in [0.717, 1.165) is 16.7 Å². The van der Waals surface area contributed by atoms with Crippen molar-refractivity contribution in [3.05, 3.63) is 88.9 Å². The van der Waals surface area contributed by atoms with Crippen LogP contribution in [0.1, 0.15) is 5.56 Å². The van der Waals surface area contributed by atoms with E-state index in [-0.39, 0.29) is 11.4 Å². The lowest BCUT2D eigenvalue weighted by Crippen LogP contribution is -2.15. The average molecular weight is 400 g/mol. The molecule has 0 aliphatic carbocycles. The van der Waals surface area contributed by atoms with Crippen molar-refractivity contribution in [2.24, 2.45) is 7.05 Å². The van der Waals surface area contributed by atoms with Crippen LogP contribution in [0.3, 0.4) is 0 Å². The van der Waals surface area contributed by atoms with Gasteiger partial charge < -0.3 is 9.30 Å². The quantitative estimate of drug-likeness (QED) is 0.520. The number of hydrogen-bond acceptors (Lipinski definition) is 4. The molecule has 148 valence electrons. The number of aromatic nitrogens is 3. The van der Waals surface area contributed by atoms with Crippen LogP contribution in [0.5, 0.6) is 5.75 Å². The Morgan fingerprint density at radius 3 is 2.50 bits per heavy atom. The zero-order valence-electron chi connectivity index (χ0n) is 16.3. The van der Waals surface area contributed by atoms with Crippen LogP contribution in [-0.4, -0.2) is 21.5 Å². The minimum absolute atomic E-state index is 0.176. The summed E-state index contributed by atoms with van der Waals surface area (Å²) in [7, 11) is 3.22. The number of ether oxygens (including phenoxy) is 1. The Hall–Kier alpha value is -4.18. The van der Waals surface area contributed by atoms with Crippen LogP contribution in [-0.2, 0) is 7.05 Å². The maximum absolute atomic E-state index is 13.4. The molecule has 6 nitrogen and oxygen atoms in total. The molecule has 0 saturated carbocycles. The number of benzene rings is 2. The van der Waals surface area contributed by atoms with Gasteiger partial charge in [0.05, 0.1) is 24.6 Å². The molecule has 4 rings (SSSR count). The summed E-state index contributed by atoms with van der Waals surface area (Å²) < 4.78 is 21.7. The lowest BCUT2D eigenvalue weighted by Gasteiger charge is -2.10. The normalized spacial score (nSPS) is 10.6. The molecule has 0 amide bonds. The minimum Gasteiger partial charge on any atom is -0.497 e. The SMILES string of the molecule is COc1ccc(C#N)c(-n2cc(-c3cn(C)c(=O)cc3-c3ccc(F)cc3)cn2)c1. The van der Waals surface area contributed by atoms with Crippen LogP contribution in [0, 0.1) is 17.1 Å². The lowest BCUT2D eigenvalue weighted by atomic mass is 9.98. The Morgan fingerprint density at radius 2 is 1.80 bits per heavy atom. The van der Waals surface area contributed by atoms with Crippen LogP contribution in [0.15, 0.2) is 71.9 Å². The van der Waals surface area contributed by atoms with Gasteiger partial charge in [0, 0.05) is 42.7 Å². The van der Waals surface area contributed by atoms with Crippen molar-refractivity contribution in [2.45, 2.75) is 0 Å². The van der Waals surface area contributed by atoms with Crippen molar-refractivity contribution in [3.8, 4) is 39.8 Å². The first-order valence-electron chi connectivity index (χ1n) is 9.10. The van der Waals surface area contributed by atoms with Gasteiger partial charge in [-0.1, -0.05) is 12.1 Å². The van der Waals surface area contributed by atoms with Gasteiger partial charge >= 0.3 is 0 Å². The van der Waals surface area contributed by atoms with Gasteiger partial charge in [0.1, 0.15) is 17.6 Å². The van der Waals surface area contributed by atoms with Gasteiger partial charge in [-0.15, -0.1) is 0 Å². The highest BCUT2D eigenvalue weighted by atomic mass is 19.1. The summed E-state index contributed by atoms with van der Waals surface area (Å²) in [6, 6.07) is 14.8. The van der Waals surface area contributed by atoms with E-state index in [2.05, 4.69) is 11.2 Å². The number of rotatable bonds is 4. The summed E-state index contributed by atoms with van der Waals surface area (Å²) in [5.74, 6) is 0.258. The minimum atomic E-state index is -0.348. The summed E-state index contributed by atoms with van der Waals surface area (Å²) >= 11 is 0. The molecule has 0 N–H and O–H groups in total. The Kier molecular flexibility index (Phi) is 4.90.